The van der Waals surface area contributed by atoms with Crippen molar-refractivity contribution in [1.29, 1.82) is 0 Å². The Bertz CT molecular complexity index is 359. The van der Waals surface area contributed by atoms with Crippen molar-refractivity contribution in [2.75, 3.05) is 23.4 Å². The van der Waals surface area contributed by atoms with Crippen LogP contribution in [-0.2, 0) is 0 Å². The van der Waals surface area contributed by atoms with Crippen LogP contribution in [0.2, 0.25) is 0 Å². The Balaban J connectivity index is 2.21. The Morgan fingerprint density at radius 2 is 2.12 bits per heavy atom. The number of anilines is 2. The summed E-state index contributed by atoms with van der Waals surface area (Å²) in [7, 11) is 0. The Labute approximate surface area is 112 Å². The third-order valence-electron chi connectivity index (χ3n) is 3.48. The maximum Gasteiger partial charge on any atom is 0.153 e. The number of nitrogen functional groups attached to an aromatic ring is 1. The molecule has 0 aromatic carbocycles. The van der Waals surface area contributed by atoms with Gasteiger partial charge in [-0.05, 0) is 37.6 Å². The Morgan fingerprint density at radius 1 is 1.41 bits per heavy atom. The third-order valence-corrected chi connectivity index (χ3v) is 5.32. The normalized spacial score (nSPS) is 17.3. The molecule has 5 heteroatoms. The van der Waals surface area contributed by atoms with Crippen LogP contribution in [0.5, 0.6) is 0 Å². The third kappa shape index (κ3) is 2.71. The number of hydrogen-bond acceptors (Lipinski definition) is 5. The molecule has 3 nitrogen and oxygen atoms in total. The highest BCUT2D eigenvalue weighted by molar-refractivity contribution is 7.99. The van der Waals surface area contributed by atoms with Crippen LogP contribution in [0, 0.1) is 0 Å². The summed E-state index contributed by atoms with van der Waals surface area (Å²) < 4.78 is 4.31. The van der Waals surface area contributed by atoms with Gasteiger partial charge in [0.2, 0.25) is 0 Å². The summed E-state index contributed by atoms with van der Waals surface area (Å²) in [6, 6.07) is 0.694. The van der Waals surface area contributed by atoms with Gasteiger partial charge in [0.05, 0.1) is 4.90 Å². The second-order valence-corrected chi connectivity index (χ2v) is 6.05. The fourth-order valence-electron chi connectivity index (χ4n) is 2.62. The van der Waals surface area contributed by atoms with Crippen LogP contribution in [-0.4, -0.2) is 23.2 Å². The van der Waals surface area contributed by atoms with Crippen molar-refractivity contribution in [1.82, 2.24) is 4.37 Å². The second kappa shape index (κ2) is 5.96. The van der Waals surface area contributed by atoms with Crippen molar-refractivity contribution in [2.45, 2.75) is 50.0 Å². The van der Waals surface area contributed by atoms with Crippen LogP contribution in [0.3, 0.4) is 0 Å². The van der Waals surface area contributed by atoms with Gasteiger partial charge in [0, 0.05) is 12.6 Å². The topological polar surface area (TPSA) is 42.2 Å². The molecule has 1 heterocycles. The van der Waals surface area contributed by atoms with Crippen molar-refractivity contribution in [3.63, 3.8) is 0 Å². The van der Waals surface area contributed by atoms with Gasteiger partial charge >= 0.3 is 0 Å². The van der Waals surface area contributed by atoms with Gasteiger partial charge in [0.25, 0.3) is 0 Å². The number of nitrogens with two attached hydrogens (primary N) is 1. The second-order valence-electron chi connectivity index (χ2n) is 4.48. The number of rotatable bonds is 4. The lowest BCUT2D eigenvalue weighted by Gasteiger charge is -2.34. The van der Waals surface area contributed by atoms with Gasteiger partial charge in [-0.3, -0.25) is 0 Å². The molecule has 17 heavy (non-hydrogen) atoms. The molecule has 0 unspecified atom stereocenters. The Hall–Kier alpha value is -0.420. The van der Waals surface area contributed by atoms with Gasteiger partial charge in [0.15, 0.2) is 5.82 Å². The van der Waals surface area contributed by atoms with Gasteiger partial charge in [-0.15, -0.1) is 11.8 Å². The Morgan fingerprint density at radius 3 is 2.71 bits per heavy atom. The predicted octanol–water partition coefficient (Wildman–Crippen LogP) is 3.61. The lowest BCUT2D eigenvalue weighted by molar-refractivity contribution is 0.418. The number of thioether (sulfide) groups is 1. The van der Waals surface area contributed by atoms with Crippen molar-refractivity contribution in [3.8, 4) is 0 Å². The van der Waals surface area contributed by atoms with Gasteiger partial charge in [-0.2, -0.15) is 4.37 Å². The Kier molecular flexibility index (Phi) is 4.56. The molecule has 1 aromatic heterocycles. The van der Waals surface area contributed by atoms with Crippen LogP contribution in [0.4, 0.5) is 10.8 Å². The van der Waals surface area contributed by atoms with E-state index in [1.54, 1.807) is 23.3 Å². The maximum atomic E-state index is 5.93. The molecular formula is C12H21N3S2. The van der Waals surface area contributed by atoms with Crippen LogP contribution >= 0.6 is 23.3 Å². The predicted molar refractivity (Wildman–Crippen MR) is 78.2 cm³/mol. The van der Waals surface area contributed by atoms with E-state index < -0.39 is 0 Å². The zero-order valence-corrected chi connectivity index (χ0v) is 12.2. The van der Waals surface area contributed by atoms with Crippen LogP contribution in [0.15, 0.2) is 4.90 Å². The average molecular weight is 271 g/mol. The number of hydrogen-bond donors (Lipinski definition) is 1. The molecule has 0 bridgehead atoms. The molecule has 1 aliphatic rings. The van der Waals surface area contributed by atoms with Crippen LogP contribution in [0.25, 0.3) is 0 Å². The summed E-state index contributed by atoms with van der Waals surface area (Å²) in [4.78, 5) is 3.68. The minimum atomic E-state index is 0.694. The SMILES string of the molecule is CCN(c1snc(N)c1SC)C1CCCCC1. The quantitative estimate of drug-likeness (QED) is 0.850. The van der Waals surface area contributed by atoms with E-state index in [0.717, 1.165) is 6.54 Å². The van der Waals surface area contributed by atoms with E-state index >= 15 is 0 Å². The molecule has 0 spiro atoms. The minimum absolute atomic E-state index is 0.694. The first-order chi connectivity index (χ1) is 8.27. The smallest absolute Gasteiger partial charge is 0.153 e. The first-order valence-corrected chi connectivity index (χ1v) is 8.33. The molecule has 2 rings (SSSR count). The first kappa shape index (κ1) is 13.0. The van der Waals surface area contributed by atoms with E-state index in [4.69, 9.17) is 5.73 Å². The standard InChI is InChI=1S/C12H21N3S2/c1-3-15(9-7-5-4-6-8-9)12-10(16-2)11(13)14-17-12/h9H,3-8H2,1-2H3,(H2,13,14). The lowest BCUT2D eigenvalue weighted by atomic mass is 9.94. The molecule has 0 amide bonds. The van der Waals surface area contributed by atoms with Crippen molar-refractivity contribution in [3.05, 3.63) is 0 Å². The summed E-state index contributed by atoms with van der Waals surface area (Å²) >= 11 is 3.27. The summed E-state index contributed by atoms with van der Waals surface area (Å²) in [5.41, 5.74) is 5.93. The molecule has 0 atom stereocenters. The van der Waals surface area contributed by atoms with Crippen molar-refractivity contribution >= 4 is 34.1 Å². The summed E-state index contributed by atoms with van der Waals surface area (Å²) in [5.74, 6) is 0.701. The van der Waals surface area contributed by atoms with E-state index in [0.29, 0.717) is 11.9 Å². The first-order valence-electron chi connectivity index (χ1n) is 6.33. The summed E-state index contributed by atoms with van der Waals surface area (Å²) in [6.07, 6.45) is 8.85. The number of aromatic nitrogens is 1. The highest BCUT2D eigenvalue weighted by atomic mass is 32.2. The molecule has 0 radical (unpaired) electrons. The largest absolute Gasteiger partial charge is 0.382 e. The van der Waals surface area contributed by atoms with Gasteiger partial charge < -0.3 is 10.6 Å². The monoisotopic (exact) mass is 271 g/mol. The number of nitrogens with zero attached hydrogens (tertiary/aromatic N) is 2. The van der Waals surface area contributed by atoms with Gasteiger partial charge in [-0.25, -0.2) is 0 Å². The zero-order chi connectivity index (χ0) is 12.3. The summed E-state index contributed by atoms with van der Waals surface area (Å²) in [5, 5.41) is 1.28. The van der Waals surface area contributed by atoms with E-state index in [1.165, 1.54) is 42.0 Å². The average Bonchev–Trinajstić information content (AvgIpc) is 2.73. The van der Waals surface area contributed by atoms with Crippen molar-refractivity contribution in [2.24, 2.45) is 0 Å². The highest BCUT2D eigenvalue weighted by Gasteiger charge is 2.24. The fourth-order valence-corrected chi connectivity index (χ4v) is 4.43. The molecule has 1 aromatic rings. The van der Waals surface area contributed by atoms with Gasteiger partial charge in [-0.1, -0.05) is 19.3 Å². The van der Waals surface area contributed by atoms with E-state index in [1.807, 2.05) is 0 Å². The minimum Gasteiger partial charge on any atom is -0.382 e. The van der Waals surface area contributed by atoms with Gasteiger partial charge in [0.1, 0.15) is 5.00 Å². The maximum absolute atomic E-state index is 5.93. The molecule has 0 saturated heterocycles. The molecule has 0 aliphatic heterocycles. The summed E-state index contributed by atoms with van der Waals surface area (Å²) in [6.45, 7) is 3.29. The molecule has 1 fully saturated rings. The molecule has 96 valence electrons. The van der Waals surface area contributed by atoms with E-state index in [-0.39, 0.29) is 0 Å². The molecular weight excluding hydrogens is 250 g/mol. The van der Waals surface area contributed by atoms with Crippen LogP contribution < -0.4 is 10.6 Å². The van der Waals surface area contributed by atoms with E-state index in [2.05, 4.69) is 22.5 Å². The van der Waals surface area contributed by atoms with E-state index in [9.17, 15) is 0 Å². The fraction of sp³-hybridized carbons (Fsp3) is 0.750. The van der Waals surface area contributed by atoms with Crippen molar-refractivity contribution < 1.29 is 0 Å². The lowest BCUT2D eigenvalue weighted by Crippen LogP contribution is -2.36. The van der Waals surface area contributed by atoms with Crippen LogP contribution in [0.1, 0.15) is 39.0 Å². The zero-order valence-electron chi connectivity index (χ0n) is 10.6. The molecule has 1 saturated carbocycles. The molecule has 1 aliphatic carbocycles. The highest BCUT2D eigenvalue weighted by Crippen LogP contribution is 2.40. The molecule has 2 N–H and O–H groups in total.